The summed E-state index contributed by atoms with van der Waals surface area (Å²) in [6, 6.07) is 0. The molecule has 0 saturated heterocycles. The molecule has 0 aliphatic heterocycles. The molecule has 1 heteroatoms. The maximum absolute atomic E-state index is 1.50. The van der Waals surface area contributed by atoms with Crippen molar-refractivity contribution < 1.29 is 22.4 Å². The zero-order chi connectivity index (χ0) is 4.24. The second-order valence-corrected chi connectivity index (χ2v) is 2.12. The Bertz CT molecular complexity index is 19.7. The molecule has 1 aliphatic carbocycles. The Hall–Kier alpha value is 0.740. The van der Waals surface area contributed by atoms with Crippen molar-refractivity contribution in [2.24, 2.45) is 0 Å². The molecule has 0 aromatic rings. The first-order chi connectivity index (χ1) is 3.00. The van der Waals surface area contributed by atoms with E-state index in [0.717, 1.165) is 0 Å². The van der Waals surface area contributed by atoms with E-state index in [1.165, 1.54) is 38.5 Å². The summed E-state index contributed by atoms with van der Waals surface area (Å²) in [6.07, 6.45) is 9.00. The van der Waals surface area contributed by atoms with Gasteiger partial charge in [0.2, 0.25) is 0 Å². The Morgan fingerprint density at radius 2 is 0.571 bits per heavy atom. The van der Waals surface area contributed by atoms with E-state index in [4.69, 9.17) is 0 Å². The van der Waals surface area contributed by atoms with Crippen LogP contribution in [0.3, 0.4) is 0 Å². The van der Waals surface area contributed by atoms with Crippen LogP contribution in [0.25, 0.3) is 0 Å². The molecule has 1 saturated carbocycles. The van der Waals surface area contributed by atoms with Crippen molar-refractivity contribution in [3.05, 3.63) is 0 Å². The third-order valence-corrected chi connectivity index (χ3v) is 1.50. The van der Waals surface area contributed by atoms with Gasteiger partial charge in [0.25, 0.3) is 0 Å². The van der Waals surface area contributed by atoms with Gasteiger partial charge in [-0.3, -0.25) is 0 Å². The monoisotopic (exact) mass is 281 g/mol. The van der Waals surface area contributed by atoms with Gasteiger partial charge in [-0.25, -0.2) is 0 Å². The molecule has 1 fully saturated rings. The molecule has 0 unspecified atom stereocenters. The fourth-order valence-electron chi connectivity index (χ4n) is 1.06. The SMILES string of the molecule is C1CCCCC1.[Au]. The van der Waals surface area contributed by atoms with Gasteiger partial charge in [-0.05, 0) is 0 Å². The van der Waals surface area contributed by atoms with Crippen molar-refractivity contribution in [2.75, 3.05) is 0 Å². The molecule has 0 aromatic carbocycles. The molecule has 0 atom stereocenters. The first-order valence-corrected chi connectivity index (χ1v) is 3.00. The predicted molar refractivity (Wildman–Crippen MR) is 27.7 cm³/mol. The molecule has 1 aliphatic rings. The van der Waals surface area contributed by atoms with Crippen LogP contribution in [0.1, 0.15) is 38.5 Å². The largest absolute Gasteiger partial charge is 0.0533 e. The first kappa shape index (κ1) is 7.74. The van der Waals surface area contributed by atoms with Crippen molar-refractivity contribution >= 4 is 0 Å². The average Bonchev–Trinajstić information content (AvgIpc) is 1.72. The van der Waals surface area contributed by atoms with Crippen molar-refractivity contribution in [1.29, 1.82) is 0 Å². The quantitative estimate of drug-likeness (QED) is 0.598. The van der Waals surface area contributed by atoms with Crippen molar-refractivity contribution in [3.8, 4) is 0 Å². The summed E-state index contributed by atoms with van der Waals surface area (Å²) in [5, 5.41) is 0. The van der Waals surface area contributed by atoms with E-state index in [2.05, 4.69) is 0 Å². The standard InChI is InChI=1S/C6H12.Au/c1-2-4-6-5-3-1;/h1-6H2;. The van der Waals surface area contributed by atoms with Gasteiger partial charge in [0.1, 0.15) is 0 Å². The molecular weight excluding hydrogens is 269 g/mol. The van der Waals surface area contributed by atoms with E-state index in [1.807, 2.05) is 0 Å². The van der Waals surface area contributed by atoms with E-state index in [-0.39, 0.29) is 22.4 Å². The normalized spacial score (nSPS) is 20.6. The van der Waals surface area contributed by atoms with Gasteiger partial charge in [0.05, 0.1) is 0 Å². The minimum Gasteiger partial charge on any atom is -0.0533 e. The van der Waals surface area contributed by atoms with Crippen molar-refractivity contribution in [3.63, 3.8) is 0 Å². The van der Waals surface area contributed by atoms with Crippen LogP contribution in [0.15, 0.2) is 0 Å². The molecule has 47 valence electrons. The molecule has 0 amide bonds. The van der Waals surface area contributed by atoms with Crippen LogP contribution in [0, 0.1) is 0 Å². The molecule has 0 spiro atoms. The third-order valence-electron chi connectivity index (χ3n) is 1.50. The Balaban J connectivity index is 0.000000360. The predicted octanol–water partition coefficient (Wildman–Crippen LogP) is 2.34. The summed E-state index contributed by atoms with van der Waals surface area (Å²) in [4.78, 5) is 0. The minimum atomic E-state index is 0. The Morgan fingerprint density at radius 3 is 0.714 bits per heavy atom. The van der Waals surface area contributed by atoms with Crippen LogP contribution in [0.4, 0.5) is 0 Å². The molecule has 0 N–H and O–H groups in total. The van der Waals surface area contributed by atoms with Gasteiger partial charge < -0.3 is 0 Å². The summed E-state index contributed by atoms with van der Waals surface area (Å²) in [5.41, 5.74) is 0. The summed E-state index contributed by atoms with van der Waals surface area (Å²) in [7, 11) is 0. The second-order valence-electron chi connectivity index (χ2n) is 2.12. The van der Waals surface area contributed by atoms with Gasteiger partial charge in [-0.2, -0.15) is 0 Å². The van der Waals surface area contributed by atoms with Crippen LogP contribution in [0.5, 0.6) is 0 Å². The third kappa shape index (κ3) is 3.33. The van der Waals surface area contributed by atoms with Crippen LogP contribution >= 0.6 is 0 Å². The maximum atomic E-state index is 1.50. The zero-order valence-electron chi connectivity index (χ0n) is 4.54. The smallest absolute Gasteiger partial charge is 0 e. The van der Waals surface area contributed by atoms with Gasteiger partial charge in [-0.15, -0.1) is 0 Å². The topological polar surface area (TPSA) is 0 Å². The maximum Gasteiger partial charge on any atom is 0 e. The van der Waals surface area contributed by atoms with Crippen LogP contribution in [-0.2, 0) is 22.4 Å². The summed E-state index contributed by atoms with van der Waals surface area (Å²) in [6.45, 7) is 0. The molecule has 0 heterocycles. The first-order valence-electron chi connectivity index (χ1n) is 3.00. The Kier molecular flexibility index (Phi) is 5.41. The van der Waals surface area contributed by atoms with Crippen molar-refractivity contribution in [1.82, 2.24) is 0 Å². The van der Waals surface area contributed by atoms with E-state index >= 15 is 0 Å². The number of rotatable bonds is 0. The zero-order valence-corrected chi connectivity index (χ0v) is 6.71. The molecule has 1 radical (unpaired) electrons. The minimum absolute atomic E-state index is 0. The van der Waals surface area contributed by atoms with Crippen LogP contribution in [0.2, 0.25) is 0 Å². The fraction of sp³-hybridized carbons (Fsp3) is 1.00. The van der Waals surface area contributed by atoms with Crippen molar-refractivity contribution in [2.45, 2.75) is 38.5 Å². The van der Waals surface area contributed by atoms with Gasteiger partial charge in [-0.1, -0.05) is 38.5 Å². The summed E-state index contributed by atoms with van der Waals surface area (Å²) in [5.74, 6) is 0. The van der Waals surface area contributed by atoms with Gasteiger partial charge in [0.15, 0.2) is 0 Å². The van der Waals surface area contributed by atoms with E-state index in [9.17, 15) is 0 Å². The Labute approximate surface area is 61.2 Å². The van der Waals surface area contributed by atoms with Crippen LogP contribution in [-0.4, -0.2) is 0 Å². The van der Waals surface area contributed by atoms with Gasteiger partial charge in [0, 0.05) is 22.4 Å². The molecule has 0 bridgehead atoms. The summed E-state index contributed by atoms with van der Waals surface area (Å²) < 4.78 is 0. The molecule has 0 aromatic heterocycles. The molecule has 1 rings (SSSR count). The van der Waals surface area contributed by atoms with E-state index < -0.39 is 0 Å². The number of hydrogen-bond acceptors (Lipinski definition) is 0. The molecule has 7 heavy (non-hydrogen) atoms. The molecule has 0 nitrogen and oxygen atoms in total. The average molecular weight is 281 g/mol. The van der Waals surface area contributed by atoms with E-state index in [1.54, 1.807) is 0 Å². The van der Waals surface area contributed by atoms with Gasteiger partial charge >= 0.3 is 0 Å². The number of hydrogen-bond donors (Lipinski definition) is 0. The summed E-state index contributed by atoms with van der Waals surface area (Å²) >= 11 is 0. The van der Waals surface area contributed by atoms with E-state index in [0.29, 0.717) is 0 Å². The Morgan fingerprint density at radius 1 is 0.429 bits per heavy atom. The molecular formula is C6H12Au. The van der Waals surface area contributed by atoms with Crippen LogP contribution < -0.4 is 0 Å². The fourth-order valence-corrected chi connectivity index (χ4v) is 1.06. The second kappa shape index (κ2) is 4.89.